The Morgan fingerprint density at radius 2 is 0.716 bits per heavy atom. The van der Waals surface area contributed by atoms with Crippen LogP contribution < -0.4 is 5.32 Å². The summed E-state index contributed by atoms with van der Waals surface area (Å²) in [6, 6.07) is -0.701. The number of rotatable bonds is 56. The van der Waals surface area contributed by atoms with Crippen LogP contribution in [0.1, 0.15) is 342 Å². The van der Waals surface area contributed by atoms with E-state index in [0.717, 1.165) is 57.8 Å². The Bertz CT molecular complexity index is 1020. The van der Waals surface area contributed by atoms with E-state index in [1.165, 1.54) is 238 Å². The summed E-state index contributed by atoms with van der Waals surface area (Å²) in [5.74, 6) is -0.463. The zero-order valence-corrected chi connectivity index (χ0v) is 45.6. The lowest BCUT2D eigenvalue weighted by molar-refractivity contribution is -0.151. The number of amides is 1. The fourth-order valence-electron chi connectivity index (χ4n) is 9.72. The standard InChI is InChI=1S/C61H119NO5/c1-4-7-10-13-16-19-22-25-28-30-33-36-39-42-45-48-51-54-61(66)67-57(52-49-46-43-40-37-34-32-29-26-23-20-17-14-11-8-5-2)55-60(65)62-58(56-63)59(64)53-50-47-44-41-38-35-31-27-24-21-18-15-12-9-6-3/h34,37,57-59,63-64H,4-33,35-36,38-56H2,1-3H3,(H,62,65)/b37-34+. The Labute approximate surface area is 419 Å². The van der Waals surface area contributed by atoms with Gasteiger partial charge in [-0.25, -0.2) is 0 Å². The van der Waals surface area contributed by atoms with Crippen molar-refractivity contribution in [3.8, 4) is 0 Å². The van der Waals surface area contributed by atoms with Crippen molar-refractivity contribution < 1.29 is 24.5 Å². The van der Waals surface area contributed by atoms with Gasteiger partial charge in [0, 0.05) is 6.42 Å². The van der Waals surface area contributed by atoms with Gasteiger partial charge in [0.15, 0.2) is 0 Å². The average molecular weight is 947 g/mol. The van der Waals surface area contributed by atoms with Gasteiger partial charge >= 0.3 is 5.97 Å². The third-order valence-corrected chi connectivity index (χ3v) is 14.3. The third kappa shape index (κ3) is 50.8. The molecule has 0 heterocycles. The lowest BCUT2D eigenvalue weighted by atomic mass is 10.0. The third-order valence-electron chi connectivity index (χ3n) is 14.3. The van der Waals surface area contributed by atoms with E-state index in [2.05, 4.69) is 38.2 Å². The van der Waals surface area contributed by atoms with Crippen LogP contribution in [0.2, 0.25) is 0 Å². The Balaban J connectivity index is 4.51. The van der Waals surface area contributed by atoms with Crippen molar-refractivity contribution in [1.82, 2.24) is 5.32 Å². The van der Waals surface area contributed by atoms with Gasteiger partial charge in [0.05, 0.1) is 25.2 Å². The van der Waals surface area contributed by atoms with Crippen molar-refractivity contribution in [2.45, 2.75) is 360 Å². The Hall–Kier alpha value is -1.40. The van der Waals surface area contributed by atoms with Gasteiger partial charge in [-0.2, -0.15) is 0 Å². The van der Waals surface area contributed by atoms with Gasteiger partial charge in [0.25, 0.3) is 0 Å². The zero-order valence-electron chi connectivity index (χ0n) is 45.6. The molecule has 0 bridgehead atoms. The number of ether oxygens (including phenoxy) is 1. The molecule has 1 amide bonds. The van der Waals surface area contributed by atoms with Crippen LogP contribution in [-0.4, -0.2) is 46.9 Å². The molecule has 0 radical (unpaired) electrons. The van der Waals surface area contributed by atoms with Crippen molar-refractivity contribution >= 4 is 11.9 Å². The van der Waals surface area contributed by atoms with E-state index in [0.29, 0.717) is 19.3 Å². The van der Waals surface area contributed by atoms with E-state index >= 15 is 0 Å². The first kappa shape index (κ1) is 65.6. The summed E-state index contributed by atoms with van der Waals surface area (Å²) in [6.07, 6.45) is 64.3. The monoisotopic (exact) mass is 946 g/mol. The Morgan fingerprint density at radius 1 is 0.418 bits per heavy atom. The second-order valence-corrected chi connectivity index (χ2v) is 21.1. The molecule has 3 atom stereocenters. The molecule has 6 heteroatoms. The topological polar surface area (TPSA) is 95.9 Å². The molecular weight excluding hydrogens is 827 g/mol. The first-order chi connectivity index (χ1) is 33.0. The van der Waals surface area contributed by atoms with Crippen LogP contribution >= 0.6 is 0 Å². The normalized spacial score (nSPS) is 13.1. The number of aliphatic hydroxyl groups excluding tert-OH is 2. The summed E-state index contributed by atoms with van der Waals surface area (Å²) < 4.78 is 5.97. The van der Waals surface area contributed by atoms with Gasteiger partial charge < -0.3 is 20.3 Å². The highest BCUT2D eigenvalue weighted by atomic mass is 16.5. The van der Waals surface area contributed by atoms with E-state index < -0.39 is 18.2 Å². The number of nitrogens with one attached hydrogen (secondary N) is 1. The highest BCUT2D eigenvalue weighted by molar-refractivity contribution is 5.77. The molecule has 0 spiro atoms. The summed E-state index contributed by atoms with van der Waals surface area (Å²) in [6.45, 7) is 6.54. The minimum atomic E-state index is -0.787. The number of carbonyl (C=O) groups excluding carboxylic acids is 2. The number of esters is 1. The molecule has 0 aliphatic carbocycles. The van der Waals surface area contributed by atoms with E-state index in [4.69, 9.17) is 4.74 Å². The van der Waals surface area contributed by atoms with Crippen LogP contribution in [0.15, 0.2) is 12.2 Å². The van der Waals surface area contributed by atoms with E-state index in [1.54, 1.807) is 0 Å². The molecule has 0 aromatic carbocycles. The lowest BCUT2D eigenvalue weighted by Gasteiger charge is -2.24. The summed E-state index contributed by atoms with van der Waals surface area (Å²) >= 11 is 0. The predicted octanol–water partition coefficient (Wildman–Crippen LogP) is 18.9. The maximum absolute atomic E-state index is 13.3. The molecule has 6 nitrogen and oxygen atoms in total. The summed E-state index contributed by atoms with van der Waals surface area (Å²) in [5.41, 5.74) is 0. The van der Waals surface area contributed by atoms with Gasteiger partial charge in [-0.1, -0.05) is 290 Å². The first-order valence-corrected chi connectivity index (χ1v) is 30.4. The largest absolute Gasteiger partial charge is 0.462 e. The summed E-state index contributed by atoms with van der Waals surface area (Å²) in [7, 11) is 0. The molecule has 3 N–H and O–H groups in total. The van der Waals surface area contributed by atoms with Crippen molar-refractivity contribution in [1.29, 1.82) is 0 Å². The maximum Gasteiger partial charge on any atom is 0.306 e. The smallest absolute Gasteiger partial charge is 0.306 e. The average Bonchev–Trinajstić information content (AvgIpc) is 3.32. The van der Waals surface area contributed by atoms with Crippen molar-refractivity contribution in [2.75, 3.05) is 6.61 Å². The molecule has 0 aromatic rings. The molecule has 0 aliphatic heterocycles. The van der Waals surface area contributed by atoms with Crippen LogP contribution in [0, 0.1) is 0 Å². The van der Waals surface area contributed by atoms with Gasteiger partial charge in [0.2, 0.25) is 5.91 Å². The number of hydrogen-bond donors (Lipinski definition) is 3. The van der Waals surface area contributed by atoms with Crippen LogP contribution in [0.5, 0.6) is 0 Å². The molecule has 0 aliphatic rings. The number of unbranched alkanes of at least 4 members (excludes halogenated alkanes) is 42. The molecule has 0 fully saturated rings. The summed E-state index contributed by atoms with van der Waals surface area (Å²) in [4.78, 5) is 26.3. The molecule has 0 saturated carbocycles. The fraction of sp³-hybridized carbons (Fsp3) is 0.934. The second-order valence-electron chi connectivity index (χ2n) is 21.1. The fourth-order valence-corrected chi connectivity index (χ4v) is 9.72. The van der Waals surface area contributed by atoms with Gasteiger partial charge in [-0.05, 0) is 51.4 Å². The molecule has 0 aromatic heterocycles. The van der Waals surface area contributed by atoms with Gasteiger partial charge in [-0.15, -0.1) is 0 Å². The predicted molar refractivity (Wildman–Crippen MR) is 292 cm³/mol. The molecule has 0 rings (SSSR count). The first-order valence-electron chi connectivity index (χ1n) is 30.4. The number of aliphatic hydroxyl groups is 2. The quantitative estimate of drug-likeness (QED) is 0.0321. The molecule has 398 valence electrons. The van der Waals surface area contributed by atoms with Crippen LogP contribution in [0.3, 0.4) is 0 Å². The van der Waals surface area contributed by atoms with Crippen LogP contribution in [0.25, 0.3) is 0 Å². The van der Waals surface area contributed by atoms with E-state index in [1.807, 2.05) is 0 Å². The molecule has 3 unspecified atom stereocenters. The highest BCUT2D eigenvalue weighted by Crippen LogP contribution is 2.19. The van der Waals surface area contributed by atoms with Crippen LogP contribution in [0.4, 0.5) is 0 Å². The van der Waals surface area contributed by atoms with Crippen LogP contribution in [-0.2, 0) is 14.3 Å². The second kappa shape index (κ2) is 55.5. The van der Waals surface area contributed by atoms with Gasteiger partial charge in [-0.3, -0.25) is 9.59 Å². The van der Waals surface area contributed by atoms with Gasteiger partial charge in [0.1, 0.15) is 6.10 Å². The summed E-state index contributed by atoms with van der Waals surface area (Å²) in [5, 5.41) is 23.9. The molecule has 67 heavy (non-hydrogen) atoms. The SMILES string of the molecule is CCCCCCCCCCC/C=C/CCCCCC(CC(=O)NC(CO)C(O)CCCCCCCCCCCCCCCCC)OC(=O)CCCCCCCCCCCCCCCCCCC. The Morgan fingerprint density at radius 3 is 1.07 bits per heavy atom. The zero-order chi connectivity index (χ0) is 48.8. The minimum absolute atomic E-state index is 0.0750. The van der Waals surface area contributed by atoms with E-state index in [9.17, 15) is 19.8 Å². The minimum Gasteiger partial charge on any atom is -0.462 e. The number of carbonyl (C=O) groups is 2. The number of allylic oxidation sites excluding steroid dienone is 2. The lowest BCUT2D eigenvalue weighted by Crippen LogP contribution is -2.46. The molecular formula is C61H119NO5. The van der Waals surface area contributed by atoms with Crippen molar-refractivity contribution in [3.05, 3.63) is 12.2 Å². The number of hydrogen-bond acceptors (Lipinski definition) is 5. The van der Waals surface area contributed by atoms with Crippen molar-refractivity contribution in [2.24, 2.45) is 0 Å². The molecule has 0 saturated heterocycles. The van der Waals surface area contributed by atoms with E-state index in [-0.39, 0.29) is 24.9 Å². The Kier molecular flexibility index (Phi) is 54.4. The van der Waals surface area contributed by atoms with Crippen molar-refractivity contribution in [3.63, 3.8) is 0 Å². The highest BCUT2D eigenvalue weighted by Gasteiger charge is 2.24. The maximum atomic E-state index is 13.3.